The van der Waals surface area contributed by atoms with Gasteiger partial charge in [-0.15, -0.1) is 0 Å². The summed E-state index contributed by atoms with van der Waals surface area (Å²) >= 11 is 0. The van der Waals surface area contributed by atoms with E-state index in [2.05, 4.69) is 5.32 Å². The predicted octanol–water partition coefficient (Wildman–Crippen LogP) is 1.96. The van der Waals surface area contributed by atoms with Gasteiger partial charge in [0.1, 0.15) is 0 Å². The largest absolute Gasteiger partial charge is 0.502 e. The van der Waals surface area contributed by atoms with Crippen LogP contribution >= 0.6 is 0 Å². The van der Waals surface area contributed by atoms with Crippen LogP contribution in [0.25, 0.3) is 0 Å². The molecule has 1 saturated heterocycles. The molecule has 0 amide bonds. The first-order valence-electron chi connectivity index (χ1n) is 5.02. The van der Waals surface area contributed by atoms with Crippen LogP contribution in [0.3, 0.4) is 0 Å². The van der Waals surface area contributed by atoms with Gasteiger partial charge < -0.3 is 15.2 Å². The number of methoxy groups -OCH3 is 1. The van der Waals surface area contributed by atoms with Gasteiger partial charge in [0.05, 0.1) is 7.11 Å². The molecule has 0 radical (unpaired) electrons. The van der Waals surface area contributed by atoms with E-state index in [0.717, 1.165) is 24.9 Å². The number of phenols is 1. The summed E-state index contributed by atoms with van der Waals surface area (Å²) in [5.74, 6) is -0.799. The number of hydrogen-bond acceptors (Lipinski definition) is 3. The molecule has 4 heteroatoms. The zero-order valence-corrected chi connectivity index (χ0v) is 8.59. The second-order valence-electron chi connectivity index (χ2n) is 3.67. The van der Waals surface area contributed by atoms with Crippen LogP contribution in [-0.2, 0) is 0 Å². The molecule has 82 valence electrons. The molecule has 0 saturated carbocycles. The van der Waals surface area contributed by atoms with Gasteiger partial charge in [0.25, 0.3) is 0 Å². The summed E-state index contributed by atoms with van der Waals surface area (Å²) in [4.78, 5) is 0. The summed E-state index contributed by atoms with van der Waals surface area (Å²) in [7, 11) is 1.44. The fourth-order valence-corrected chi connectivity index (χ4v) is 2.00. The number of phenolic OH excluding ortho intramolecular Hbond substituents is 1. The highest BCUT2D eigenvalue weighted by Gasteiger charge is 2.23. The van der Waals surface area contributed by atoms with E-state index < -0.39 is 11.6 Å². The van der Waals surface area contributed by atoms with Crippen LogP contribution in [0.4, 0.5) is 4.39 Å². The van der Waals surface area contributed by atoms with E-state index in [1.165, 1.54) is 13.2 Å². The van der Waals surface area contributed by atoms with Gasteiger partial charge in [-0.2, -0.15) is 0 Å². The van der Waals surface area contributed by atoms with Crippen LogP contribution < -0.4 is 10.1 Å². The second-order valence-corrected chi connectivity index (χ2v) is 3.67. The molecule has 1 aliphatic rings. The molecule has 2 rings (SSSR count). The van der Waals surface area contributed by atoms with Crippen LogP contribution in [0, 0.1) is 5.82 Å². The number of hydrogen-bond donors (Lipinski definition) is 2. The number of halogens is 1. The average Bonchev–Trinajstić information content (AvgIpc) is 2.75. The van der Waals surface area contributed by atoms with Crippen molar-refractivity contribution in [3.8, 4) is 11.5 Å². The van der Waals surface area contributed by atoms with Crippen molar-refractivity contribution in [2.45, 2.75) is 18.9 Å². The van der Waals surface area contributed by atoms with Gasteiger partial charge >= 0.3 is 0 Å². The highest BCUT2D eigenvalue weighted by Crippen LogP contribution is 2.38. The van der Waals surface area contributed by atoms with Crippen LogP contribution in [0.2, 0.25) is 0 Å². The Labute approximate surface area is 87.9 Å². The van der Waals surface area contributed by atoms with E-state index in [1.54, 1.807) is 6.07 Å². The lowest BCUT2D eigenvalue weighted by atomic mass is 10.0. The minimum atomic E-state index is -0.645. The van der Waals surface area contributed by atoms with Crippen molar-refractivity contribution in [2.75, 3.05) is 13.7 Å². The van der Waals surface area contributed by atoms with E-state index in [-0.39, 0.29) is 11.8 Å². The standard InChI is InChI=1S/C11H14FNO2/c1-15-11-7(9-3-2-6-13-9)4-5-8(12)10(11)14/h4-5,9,13-14H,2-3,6H2,1H3. The maximum atomic E-state index is 13.1. The molecule has 1 unspecified atom stereocenters. The number of aromatic hydroxyl groups is 1. The lowest BCUT2D eigenvalue weighted by molar-refractivity contribution is 0.349. The third-order valence-electron chi connectivity index (χ3n) is 2.75. The van der Waals surface area contributed by atoms with Gasteiger partial charge in [-0.1, -0.05) is 6.07 Å². The number of benzene rings is 1. The summed E-state index contributed by atoms with van der Waals surface area (Å²) in [5, 5.41) is 12.8. The Morgan fingerprint density at radius 1 is 1.53 bits per heavy atom. The van der Waals surface area contributed by atoms with Crippen LogP contribution in [0.1, 0.15) is 24.4 Å². The Bertz CT molecular complexity index is 362. The SMILES string of the molecule is COc1c(C2CCCN2)ccc(F)c1O. The van der Waals surface area contributed by atoms with Crippen molar-refractivity contribution in [1.82, 2.24) is 5.32 Å². The maximum absolute atomic E-state index is 13.1. The van der Waals surface area contributed by atoms with Gasteiger partial charge in [-0.3, -0.25) is 0 Å². The fraction of sp³-hybridized carbons (Fsp3) is 0.455. The fourth-order valence-electron chi connectivity index (χ4n) is 2.00. The van der Waals surface area contributed by atoms with Crippen LogP contribution in [-0.4, -0.2) is 18.8 Å². The Morgan fingerprint density at radius 2 is 2.33 bits per heavy atom. The second kappa shape index (κ2) is 4.06. The Balaban J connectivity index is 2.41. The van der Waals surface area contributed by atoms with Gasteiger partial charge in [-0.05, 0) is 25.5 Å². The molecule has 1 aromatic rings. The Kier molecular flexibility index (Phi) is 2.77. The topological polar surface area (TPSA) is 41.5 Å². The van der Waals surface area contributed by atoms with E-state index >= 15 is 0 Å². The molecule has 1 aromatic carbocycles. The van der Waals surface area contributed by atoms with Crippen molar-refractivity contribution < 1.29 is 14.2 Å². The van der Waals surface area contributed by atoms with E-state index in [0.29, 0.717) is 0 Å². The molecule has 2 N–H and O–H groups in total. The molecular weight excluding hydrogens is 197 g/mol. The minimum Gasteiger partial charge on any atom is -0.502 e. The summed E-state index contributed by atoms with van der Waals surface area (Å²) < 4.78 is 18.1. The van der Waals surface area contributed by atoms with Crippen LogP contribution in [0.5, 0.6) is 11.5 Å². The van der Waals surface area contributed by atoms with Crippen molar-refractivity contribution in [3.63, 3.8) is 0 Å². The molecule has 15 heavy (non-hydrogen) atoms. The van der Waals surface area contributed by atoms with Gasteiger partial charge in [0.15, 0.2) is 17.3 Å². The van der Waals surface area contributed by atoms with Crippen molar-refractivity contribution in [1.29, 1.82) is 0 Å². The zero-order chi connectivity index (χ0) is 10.8. The highest BCUT2D eigenvalue weighted by atomic mass is 19.1. The lowest BCUT2D eigenvalue weighted by Gasteiger charge is -2.16. The smallest absolute Gasteiger partial charge is 0.194 e. The third-order valence-corrected chi connectivity index (χ3v) is 2.75. The van der Waals surface area contributed by atoms with E-state index in [1.807, 2.05) is 0 Å². The molecule has 0 aromatic heterocycles. The molecule has 1 fully saturated rings. The summed E-state index contributed by atoms with van der Waals surface area (Å²) in [6.07, 6.45) is 2.08. The Morgan fingerprint density at radius 3 is 2.93 bits per heavy atom. The maximum Gasteiger partial charge on any atom is 0.194 e. The summed E-state index contributed by atoms with van der Waals surface area (Å²) in [6, 6.07) is 3.09. The molecular formula is C11H14FNO2. The van der Waals surface area contributed by atoms with Gasteiger partial charge in [0.2, 0.25) is 0 Å². The first-order chi connectivity index (χ1) is 7.24. The quantitative estimate of drug-likeness (QED) is 0.785. The minimum absolute atomic E-state index is 0.159. The van der Waals surface area contributed by atoms with Crippen molar-refractivity contribution >= 4 is 0 Å². The summed E-state index contributed by atoms with van der Waals surface area (Å²) in [6.45, 7) is 0.950. The number of nitrogens with one attached hydrogen (secondary N) is 1. The van der Waals surface area contributed by atoms with Crippen LogP contribution in [0.15, 0.2) is 12.1 Å². The summed E-state index contributed by atoms with van der Waals surface area (Å²) in [5.41, 5.74) is 0.828. The lowest BCUT2D eigenvalue weighted by Crippen LogP contribution is -2.14. The molecule has 1 heterocycles. The monoisotopic (exact) mass is 211 g/mol. The molecule has 1 aliphatic heterocycles. The number of ether oxygens (including phenoxy) is 1. The van der Waals surface area contributed by atoms with E-state index in [9.17, 15) is 9.50 Å². The number of rotatable bonds is 2. The van der Waals surface area contributed by atoms with Gasteiger partial charge in [0, 0.05) is 11.6 Å². The first kappa shape index (κ1) is 10.2. The molecule has 3 nitrogen and oxygen atoms in total. The van der Waals surface area contributed by atoms with Gasteiger partial charge in [-0.25, -0.2) is 4.39 Å². The molecule has 0 aliphatic carbocycles. The zero-order valence-electron chi connectivity index (χ0n) is 8.59. The first-order valence-corrected chi connectivity index (χ1v) is 5.02. The molecule has 1 atom stereocenters. The highest BCUT2D eigenvalue weighted by molar-refractivity contribution is 5.48. The predicted molar refractivity (Wildman–Crippen MR) is 54.6 cm³/mol. The van der Waals surface area contributed by atoms with Crippen molar-refractivity contribution in [2.24, 2.45) is 0 Å². The molecule has 0 bridgehead atoms. The third kappa shape index (κ3) is 1.77. The normalized spacial score (nSPS) is 20.5. The van der Waals surface area contributed by atoms with Crippen molar-refractivity contribution in [3.05, 3.63) is 23.5 Å². The molecule has 0 spiro atoms. The average molecular weight is 211 g/mol. The van der Waals surface area contributed by atoms with E-state index in [4.69, 9.17) is 4.74 Å². The Hall–Kier alpha value is -1.29.